The normalized spacial score (nSPS) is 17.0. The van der Waals surface area contributed by atoms with Gasteiger partial charge in [-0.2, -0.15) is 0 Å². The summed E-state index contributed by atoms with van der Waals surface area (Å²) in [5, 5.41) is 0. The number of rotatable bonds is 6. The van der Waals surface area contributed by atoms with Gasteiger partial charge >= 0.3 is 0 Å². The summed E-state index contributed by atoms with van der Waals surface area (Å²) < 4.78 is 5.74. The third-order valence-corrected chi connectivity index (χ3v) is 4.55. The van der Waals surface area contributed by atoms with Crippen molar-refractivity contribution in [2.75, 3.05) is 39.8 Å². The number of carbonyl (C=O) groups is 1. The van der Waals surface area contributed by atoms with Crippen LogP contribution >= 0.6 is 24.8 Å². The second kappa shape index (κ2) is 11.6. The molecule has 1 fully saturated rings. The van der Waals surface area contributed by atoms with Crippen LogP contribution in [0, 0.1) is 5.92 Å². The molecule has 0 aromatic heterocycles. The number of nitrogens with zero attached hydrogens (tertiary/aromatic N) is 2. The number of carbonyl (C=O) groups excluding carboxylic acids is 1. The summed E-state index contributed by atoms with van der Waals surface area (Å²) in [5.41, 5.74) is 6.99. The Morgan fingerprint density at radius 1 is 1.16 bits per heavy atom. The second-order valence-electron chi connectivity index (χ2n) is 6.50. The number of likely N-dealkylation sites (N-methyl/N-ethyl adjacent to an activating group) is 1. The lowest BCUT2D eigenvalue weighted by Crippen LogP contribution is -2.49. The van der Waals surface area contributed by atoms with E-state index in [0.29, 0.717) is 12.5 Å². The van der Waals surface area contributed by atoms with Crippen LogP contribution in [0.25, 0.3) is 0 Å². The Morgan fingerprint density at radius 3 is 2.24 bits per heavy atom. The molecule has 1 heterocycles. The van der Waals surface area contributed by atoms with Crippen LogP contribution < -0.4 is 10.5 Å². The molecule has 0 unspecified atom stereocenters. The number of benzene rings is 1. The van der Waals surface area contributed by atoms with Gasteiger partial charge in [-0.3, -0.25) is 4.79 Å². The molecule has 25 heavy (non-hydrogen) atoms. The fourth-order valence-electron chi connectivity index (χ4n) is 2.49. The third-order valence-electron chi connectivity index (χ3n) is 4.55. The number of nitrogens with two attached hydrogens (primary N) is 1. The van der Waals surface area contributed by atoms with Crippen molar-refractivity contribution in [2.24, 2.45) is 11.7 Å². The highest BCUT2D eigenvalue weighted by molar-refractivity contribution is 5.85. The molecule has 1 aromatic carbocycles. The standard InChI is InChI=1S/C18H29N3O2.2ClH/c1-4-14(2)13-23-16-7-5-15(6-8-16)17(19)18(22)21-11-9-20(3)10-12-21;;/h5-8,14,17H,4,9-13,19H2,1-3H3;2*1H/t14-,17+;;/m0../s1. The maximum atomic E-state index is 12.5. The molecule has 2 rings (SSSR count). The van der Waals surface area contributed by atoms with Crippen LogP contribution in [0.1, 0.15) is 31.9 Å². The molecule has 0 aliphatic carbocycles. The lowest BCUT2D eigenvalue weighted by atomic mass is 10.1. The quantitative estimate of drug-likeness (QED) is 0.809. The van der Waals surface area contributed by atoms with Gasteiger partial charge in [-0.1, -0.05) is 32.4 Å². The van der Waals surface area contributed by atoms with Crippen LogP contribution in [0.3, 0.4) is 0 Å². The monoisotopic (exact) mass is 391 g/mol. The fraction of sp³-hybridized carbons (Fsp3) is 0.611. The summed E-state index contributed by atoms with van der Waals surface area (Å²) in [7, 11) is 2.07. The van der Waals surface area contributed by atoms with Gasteiger partial charge in [0, 0.05) is 26.2 Å². The minimum absolute atomic E-state index is 0. The zero-order chi connectivity index (χ0) is 16.8. The van der Waals surface area contributed by atoms with Gasteiger partial charge in [0.1, 0.15) is 11.8 Å². The minimum Gasteiger partial charge on any atom is -0.493 e. The molecule has 1 aliphatic rings. The SMILES string of the molecule is CC[C@H](C)COc1ccc([C@@H](N)C(=O)N2CCN(C)CC2)cc1.Cl.Cl. The third kappa shape index (κ3) is 7.02. The van der Waals surface area contributed by atoms with E-state index >= 15 is 0 Å². The van der Waals surface area contributed by atoms with Gasteiger partial charge in [-0.25, -0.2) is 0 Å². The average Bonchev–Trinajstić information content (AvgIpc) is 2.59. The van der Waals surface area contributed by atoms with E-state index in [-0.39, 0.29) is 30.7 Å². The van der Waals surface area contributed by atoms with E-state index in [1.807, 2.05) is 29.2 Å². The number of piperazine rings is 1. The van der Waals surface area contributed by atoms with E-state index < -0.39 is 6.04 Å². The van der Waals surface area contributed by atoms with E-state index in [9.17, 15) is 4.79 Å². The Bertz CT molecular complexity index is 506. The van der Waals surface area contributed by atoms with Crippen molar-refractivity contribution in [3.63, 3.8) is 0 Å². The lowest BCUT2D eigenvalue weighted by Gasteiger charge is -2.34. The Morgan fingerprint density at radius 2 is 1.72 bits per heavy atom. The van der Waals surface area contributed by atoms with Gasteiger partial charge in [0.25, 0.3) is 0 Å². The predicted octanol–water partition coefficient (Wildman–Crippen LogP) is 2.73. The molecule has 2 atom stereocenters. The molecule has 1 saturated heterocycles. The van der Waals surface area contributed by atoms with Crippen molar-refractivity contribution >= 4 is 30.7 Å². The fourth-order valence-corrected chi connectivity index (χ4v) is 2.49. The molecule has 1 aromatic rings. The first-order valence-corrected chi connectivity index (χ1v) is 8.47. The number of hydrogen-bond donors (Lipinski definition) is 1. The number of ether oxygens (including phenoxy) is 1. The van der Waals surface area contributed by atoms with E-state index in [0.717, 1.165) is 43.9 Å². The zero-order valence-electron chi connectivity index (χ0n) is 15.3. The van der Waals surface area contributed by atoms with Gasteiger partial charge in [-0.15, -0.1) is 24.8 Å². The second-order valence-corrected chi connectivity index (χ2v) is 6.50. The molecule has 0 saturated carbocycles. The van der Waals surface area contributed by atoms with Gasteiger partial charge in [0.05, 0.1) is 6.61 Å². The predicted molar refractivity (Wildman–Crippen MR) is 107 cm³/mol. The van der Waals surface area contributed by atoms with Crippen LogP contribution in [-0.2, 0) is 4.79 Å². The molecular weight excluding hydrogens is 361 g/mol. The van der Waals surface area contributed by atoms with Crippen molar-refractivity contribution in [3.8, 4) is 5.75 Å². The first-order valence-electron chi connectivity index (χ1n) is 8.47. The largest absolute Gasteiger partial charge is 0.493 e. The lowest BCUT2D eigenvalue weighted by molar-refractivity contribution is -0.134. The summed E-state index contributed by atoms with van der Waals surface area (Å²) in [6, 6.07) is 6.99. The average molecular weight is 392 g/mol. The molecule has 0 spiro atoms. The van der Waals surface area contributed by atoms with Gasteiger partial charge in [0.15, 0.2) is 0 Å². The minimum atomic E-state index is -0.595. The zero-order valence-corrected chi connectivity index (χ0v) is 16.9. The van der Waals surface area contributed by atoms with Crippen LogP contribution in [0.2, 0.25) is 0 Å². The van der Waals surface area contributed by atoms with E-state index in [1.54, 1.807) is 0 Å². The van der Waals surface area contributed by atoms with Crippen LogP contribution in [0.15, 0.2) is 24.3 Å². The van der Waals surface area contributed by atoms with Gasteiger partial charge < -0.3 is 20.3 Å². The highest BCUT2D eigenvalue weighted by Gasteiger charge is 2.25. The van der Waals surface area contributed by atoms with Crippen LogP contribution in [-0.4, -0.2) is 55.5 Å². The van der Waals surface area contributed by atoms with Gasteiger partial charge in [-0.05, 0) is 30.7 Å². The molecule has 1 amide bonds. The van der Waals surface area contributed by atoms with E-state index in [1.165, 1.54) is 0 Å². The van der Waals surface area contributed by atoms with Gasteiger partial charge in [0.2, 0.25) is 5.91 Å². The summed E-state index contributed by atoms with van der Waals surface area (Å²) in [4.78, 5) is 16.6. The highest BCUT2D eigenvalue weighted by Crippen LogP contribution is 2.19. The Labute approximate surface area is 163 Å². The highest BCUT2D eigenvalue weighted by atomic mass is 35.5. The van der Waals surface area contributed by atoms with Crippen molar-refractivity contribution in [3.05, 3.63) is 29.8 Å². The maximum absolute atomic E-state index is 12.5. The molecule has 0 radical (unpaired) electrons. The summed E-state index contributed by atoms with van der Waals surface area (Å²) in [6.45, 7) is 8.33. The van der Waals surface area contributed by atoms with Crippen molar-refractivity contribution in [1.29, 1.82) is 0 Å². The van der Waals surface area contributed by atoms with Crippen molar-refractivity contribution < 1.29 is 9.53 Å². The number of halogens is 2. The van der Waals surface area contributed by atoms with Crippen LogP contribution in [0.5, 0.6) is 5.75 Å². The van der Waals surface area contributed by atoms with Crippen LogP contribution in [0.4, 0.5) is 0 Å². The summed E-state index contributed by atoms with van der Waals surface area (Å²) in [6.07, 6.45) is 1.10. The van der Waals surface area contributed by atoms with Crippen molar-refractivity contribution in [1.82, 2.24) is 9.80 Å². The van der Waals surface area contributed by atoms with E-state index in [2.05, 4.69) is 25.8 Å². The van der Waals surface area contributed by atoms with Crippen molar-refractivity contribution in [2.45, 2.75) is 26.3 Å². The number of hydrogen-bond acceptors (Lipinski definition) is 4. The number of amides is 1. The molecule has 5 nitrogen and oxygen atoms in total. The molecule has 2 N–H and O–H groups in total. The maximum Gasteiger partial charge on any atom is 0.244 e. The molecule has 7 heteroatoms. The summed E-state index contributed by atoms with van der Waals surface area (Å²) >= 11 is 0. The van der Waals surface area contributed by atoms with E-state index in [4.69, 9.17) is 10.5 Å². The molecule has 1 aliphatic heterocycles. The first-order chi connectivity index (χ1) is 11.0. The summed E-state index contributed by atoms with van der Waals surface area (Å²) in [5.74, 6) is 1.37. The topological polar surface area (TPSA) is 58.8 Å². The Hall–Kier alpha value is -1.01. The Kier molecular flexibility index (Phi) is 11.1. The smallest absolute Gasteiger partial charge is 0.244 e. The molecule has 0 bridgehead atoms. The first kappa shape index (κ1) is 24.0. The molecule has 144 valence electrons. The Balaban J connectivity index is 0.00000288. The molecular formula is C18H31Cl2N3O2.